The highest BCUT2D eigenvalue weighted by Crippen LogP contribution is 2.31. The molecule has 12 heteroatoms. The van der Waals surface area contributed by atoms with Crippen molar-refractivity contribution in [1.82, 2.24) is 19.3 Å². The number of nitrogens with zero attached hydrogens (tertiary/aromatic N) is 4. The van der Waals surface area contributed by atoms with E-state index in [0.29, 0.717) is 33.9 Å². The van der Waals surface area contributed by atoms with Gasteiger partial charge in [-0.2, -0.15) is 8.42 Å². The molecule has 3 aromatic rings. The summed E-state index contributed by atoms with van der Waals surface area (Å²) < 4.78 is 27.5. The molecule has 2 heterocycles. The molecule has 4 rings (SSSR count). The molecular weight excluding hydrogens is 502 g/mol. The number of amides is 2. The van der Waals surface area contributed by atoms with Crippen LogP contribution in [-0.2, 0) is 19.6 Å². The molecule has 1 aromatic heterocycles. The first-order chi connectivity index (χ1) is 15.2. The van der Waals surface area contributed by atoms with Crippen molar-refractivity contribution in [2.24, 2.45) is 0 Å². The number of halogens is 1. The summed E-state index contributed by atoms with van der Waals surface area (Å²) in [7, 11) is -4.03. The van der Waals surface area contributed by atoms with Crippen LogP contribution < -0.4 is 5.32 Å². The molecule has 168 valence electrons. The van der Waals surface area contributed by atoms with Crippen LogP contribution in [0.5, 0.6) is 0 Å². The first-order valence-electron chi connectivity index (χ1n) is 9.86. The Balaban J connectivity index is 1.72. The summed E-state index contributed by atoms with van der Waals surface area (Å²) in [5.41, 5.74) is 0.336. The predicted octanol–water partition coefficient (Wildman–Crippen LogP) is 1.74. The molecule has 0 unspecified atom stereocenters. The van der Waals surface area contributed by atoms with Gasteiger partial charge in [0.25, 0.3) is 10.0 Å². The number of nitrogens with one attached hydrogen (secondary N) is 1. The minimum Gasteiger partial charge on any atom is -0.390 e. The first kappa shape index (κ1) is 22.4. The second-order valence-corrected chi connectivity index (χ2v) is 10.0. The Morgan fingerprint density at radius 1 is 1.28 bits per heavy atom. The number of hydrogen-bond acceptors (Lipinski definition) is 7. The van der Waals surface area contributed by atoms with Crippen molar-refractivity contribution in [1.29, 1.82) is 0 Å². The van der Waals surface area contributed by atoms with E-state index in [0.717, 1.165) is 4.09 Å². The highest BCUT2D eigenvalue weighted by Gasteiger charge is 2.40. The van der Waals surface area contributed by atoms with Gasteiger partial charge in [-0.25, -0.2) is 0 Å². The number of aliphatic hydroxyl groups is 1. The van der Waals surface area contributed by atoms with E-state index in [4.69, 9.17) is 0 Å². The highest BCUT2D eigenvalue weighted by molar-refractivity contribution is 9.10. The van der Waals surface area contributed by atoms with E-state index in [1.165, 1.54) is 29.4 Å². The molecule has 1 saturated heterocycles. The maximum Gasteiger partial charge on any atom is 0.285 e. The lowest BCUT2D eigenvalue weighted by atomic mass is 10.1. The Morgan fingerprint density at radius 2 is 2.06 bits per heavy atom. The lowest BCUT2D eigenvalue weighted by molar-refractivity contribution is -0.138. The number of carbonyl (C=O) groups is 2. The Kier molecular flexibility index (Phi) is 6.01. The summed E-state index contributed by atoms with van der Waals surface area (Å²) in [6.45, 7) is 2.00. The summed E-state index contributed by atoms with van der Waals surface area (Å²) in [6.07, 6.45) is 2.07. The summed E-state index contributed by atoms with van der Waals surface area (Å²) in [5, 5.41) is 21.1. The number of aromatic nitrogens is 3. The number of hydrogen-bond donors (Lipinski definition) is 2. The number of aliphatic hydroxyl groups excluding tert-OH is 1. The van der Waals surface area contributed by atoms with E-state index in [1.807, 2.05) is 0 Å². The third-order valence-corrected chi connectivity index (χ3v) is 7.37. The quantitative estimate of drug-likeness (QED) is 0.521. The van der Waals surface area contributed by atoms with Gasteiger partial charge in [0.15, 0.2) is 0 Å². The fourth-order valence-electron chi connectivity index (χ4n) is 3.80. The van der Waals surface area contributed by atoms with Gasteiger partial charge in [-0.1, -0.05) is 34.1 Å². The van der Waals surface area contributed by atoms with Crippen LogP contribution in [-0.4, -0.2) is 63.3 Å². The first-order valence-corrected chi connectivity index (χ1v) is 12.1. The van der Waals surface area contributed by atoms with E-state index in [9.17, 15) is 23.1 Å². The Bertz CT molecular complexity index is 1300. The van der Waals surface area contributed by atoms with Crippen molar-refractivity contribution in [2.45, 2.75) is 36.8 Å². The maximum atomic E-state index is 13.1. The zero-order chi connectivity index (χ0) is 23.0. The van der Waals surface area contributed by atoms with E-state index in [-0.39, 0.29) is 17.2 Å². The highest BCUT2D eigenvalue weighted by atomic mass is 79.9. The predicted molar refractivity (Wildman–Crippen MR) is 119 cm³/mol. The van der Waals surface area contributed by atoms with Crippen LogP contribution in [0.2, 0.25) is 0 Å². The molecule has 2 aromatic carbocycles. The minimum absolute atomic E-state index is 0.0211. The summed E-state index contributed by atoms with van der Waals surface area (Å²) in [6, 6.07) is 7.05. The van der Waals surface area contributed by atoms with E-state index in [2.05, 4.69) is 31.6 Å². The van der Waals surface area contributed by atoms with Gasteiger partial charge >= 0.3 is 0 Å². The van der Waals surface area contributed by atoms with Gasteiger partial charge < -0.3 is 15.3 Å². The molecular formula is C20H20BrN5O5S. The number of fused-ring (bicyclic) bond motifs is 1. The molecule has 32 heavy (non-hydrogen) atoms. The van der Waals surface area contributed by atoms with Crippen molar-refractivity contribution in [3.63, 3.8) is 0 Å². The van der Waals surface area contributed by atoms with Gasteiger partial charge in [0.2, 0.25) is 11.8 Å². The van der Waals surface area contributed by atoms with Crippen LogP contribution in [0.1, 0.15) is 19.8 Å². The number of benzene rings is 2. The molecule has 0 aliphatic carbocycles. The third-order valence-electron chi connectivity index (χ3n) is 5.33. The maximum absolute atomic E-state index is 13.1. The minimum atomic E-state index is -4.03. The van der Waals surface area contributed by atoms with Crippen molar-refractivity contribution >= 4 is 54.2 Å². The topological polar surface area (TPSA) is 134 Å². The Hall–Kier alpha value is -2.83. The van der Waals surface area contributed by atoms with Crippen LogP contribution in [0.4, 0.5) is 5.69 Å². The number of carbonyl (C=O) groups excluding carboxylic acids is 2. The van der Waals surface area contributed by atoms with Crippen molar-refractivity contribution in [3.8, 4) is 0 Å². The van der Waals surface area contributed by atoms with Crippen LogP contribution >= 0.6 is 15.9 Å². The molecule has 1 aliphatic heterocycles. The van der Waals surface area contributed by atoms with Gasteiger partial charge in [0, 0.05) is 28.5 Å². The molecule has 0 spiro atoms. The second-order valence-electron chi connectivity index (χ2n) is 7.35. The second kappa shape index (κ2) is 8.60. The van der Waals surface area contributed by atoms with Gasteiger partial charge in [0.1, 0.15) is 6.04 Å². The molecule has 0 saturated carbocycles. The molecule has 2 atom stereocenters. The van der Waals surface area contributed by atoms with Crippen molar-refractivity contribution < 1.29 is 23.1 Å². The zero-order valence-corrected chi connectivity index (χ0v) is 19.4. The largest absolute Gasteiger partial charge is 0.390 e. The number of likely N-dealkylation sites (tertiary alicyclic amines) is 1. The van der Waals surface area contributed by atoms with Crippen molar-refractivity contribution in [3.05, 3.63) is 47.2 Å². The summed E-state index contributed by atoms with van der Waals surface area (Å²) >= 11 is 3.33. The Morgan fingerprint density at radius 3 is 2.75 bits per heavy atom. The van der Waals surface area contributed by atoms with Crippen LogP contribution in [0, 0.1) is 0 Å². The number of anilines is 1. The standard InChI is InChI=1S/C20H20BrN5O5S/c1-2-18(28)25-7-5-16(27)19(25)20(29)23-14-4-3-12-9-13(21)10-17(15(12)11-14)32(30,31)26-8-6-22-24-26/h3-4,6,8-11,16,19,27H,2,5,7H2,1H3,(H,23,29)/t16-,19+/m1/s1. The number of rotatable bonds is 5. The van der Waals surface area contributed by atoms with Crippen LogP contribution in [0.3, 0.4) is 0 Å². The smallest absolute Gasteiger partial charge is 0.285 e. The van der Waals surface area contributed by atoms with Gasteiger partial charge in [0.05, 0.1) is 23.4 Å². The average Bonchev–Trinajstić information content (AvgIpc) is 3.43. The third kappa shape index (κ3) is 4.00. The summed E-state index contributed by atoms with van der Waals surface area (Å²) in [5.74, 6) is -0.750. The Labute approximate surface area is 192 Å². The zero-order valence-electron chi connectivity index (χ0n) is 17.0. The molecule has 0 bridgehead atoms. The molecule has 1 fully saturated rings. The normalized spacial score (nSPS) is 18.8. The molecule has 0 radical (unpaired) electrons. The SMILES string of the molecule is CCC(=O)N1CC[C@@H](O)[C@H]1C(=O)Nc1ccc2cc(Br)cc(S(=O)(=O)n3ccnn3)c2c1. The fraction of sp³-hybridized carbons (Fsp3) is 0.300. The molecule has 2 amide bonds. The van der Waals surface area contributed by atoms with Gasteiger partial charge in [-0.3, -0.25) is 9.59 Å². The van der Waals surface area contributed by atoms with Gasteiger partial charge in [-0.15, -0.1) is 9.19 Å². The van der Waals surface area contributed by atoms with E-state index < -0.39 is 28.1 Å². The average molecular weight is 522 g/mol. The van der Waals surface area contributed by atoms with E-state index in [1.54, 1.807) is 25.1 Å². The van der Waals surface area contributed by atoms with Crippen LogP contribution in [0.15, 0.2) is 52.1 Å². The summed E-state index contributed by atoms with van der Waals surface area (Å²) in [4.78, 5) is 26.4. The van der Waals surface area contributed by atoms with E-state index >= 15 is 0 Å². The molecule has 2 N–H and O–H groups in total. The fourth-order valence-corrected chi connectivity index (χ4v) is 5.71. The molecule has 1 aliphatic rings. The monoisotopic (exact) mass is 521 g/mol. The van der Waals surface area contributed by atoms with Crippen LogP contribution in [0.25, 0.3) is 10.8 Å². The lowest BCUT2D eigenvalue weighted by Crippen LogP contribution is -2.47. The van der Waals surface area contributed by atoms with Crippen molar-refractivity contribution in [2.75, 3.05) is 11.9 Å². The molecule has 10 nitrogen and oxygen atoms in total. The lowest BCUT2D eigenvalue weighted by Gasteiger charge is -2.25. The van der Waals surface area contributed by atoms with Gasteiger partial charge in [-0.05, 0) is 36.1 Å².